The van der Waals surface area contributed by atoms with E-state index in [1.54, 1.807) is 17.0 Å². The van der Waals surface area contributed by atoms with Crippen molar-refractivity contribution in [2.75, 3.05) is 26.7 Å². The van der Waals surface area contributed by atoms with Crippen LogP contribution >= 0.6 is 24.0 Å². The largest absolute Gasteiger partial charge is 0.341 e. The van der Waals surface area contributed by atoms with Crippen LogP contribution in [0.5, 0.6) is 0 Å². The van der Waals surface area contributed by atoms with E-state index in [2.05, 4.69) is 5.32 Å². The number of rotatable bonds is 4. The molecule has 2 aromatic carbocycles. The molecule has 1 N–H and O–H groups in total. The Labute approximate surface area is 164 Å². The van der Waals surface area contributed by atoms with Crippen LogP contribution in [0, 0.1) is 11.7 Å². The number of benzene rings is 2. The van der Waals surface area contributed by atoms with Gasteiger partial charge in [-0.15, -0.1) is 12.4 Å². The van der Waals surface area contributed by atoms with Gasteiger partial charge in [0, 0.05) is 19.2 Å². The number of piperidine rings is 1. The van der Waals surface area contributed by atoms with E-state index in [9.17, 15) is 9.18 Å². The summed E-state index contributed by atoms with van der Waals surface area (Å²) in [7, 11) is 1.85. The fraction of sp³-hybridized carbons (Fsp3) is 0.350. The number of amides is 1. The van der Waals surface area contributed by atoms with E-state index in [4.69, 9.17) is 11.6 Å². The second kappa shape index (κ2) is 9.36. The number of carbonyl (C=O) groups excluding carboxylic acids is 1. The zero-order valence-corrected chi connectivity index (χ0v) is 16.2. The molecule has 140 valence electrons. The summed E-state index contributed by atoms with van der Waals surface area (Å²) in [4.78, 5) is 14.5. The van der Waals surface area contributed by atoms with E-state index in [1.165, 1.54) is 6.07 Å². The van der Waals surface area contributed by atoms with Crippen LogP contribution in [-0.4, -0.2) is 37.5 Å². The Morgan fingerprint density at radius 2 is 2.04 bits per heavy atom. The average molecular weight is 397 g/mol. The SMILES string of the molecule is CN(CC1CCCNC1)C(=O)c1cccc(-c2ccc(F)c(Cl)c2)c1.Cl. The molecule has 1 atom stereocenters. The van der Waals surface area contributed by atoms with Gasteiger partial charge >= 0.3 is 0 Å². The molecule has 0 aliphatic carbocycles. The molecule has 0 aromatic heterocycles. The van der Waals surface area contributed by atoms with Crippen LogP contribution in [0.25, 0.3) is 11.1 Å². The van der Waals surface area contributed by atoms with E-state index in [-0.39, 0.29) is 23.3 Å². The topological polar surface area (TPSA) is 32.3 Å². The molecule has 1 aliphatic rings. The maximum absolute atomic E-state index is 13.4. The van der Waals surface area contributed by atoms with E-state index < -0.39 is 5.82 Å². The highest BCUT2D eigenvalue weighted by Crippen LogP contribution is 2.26. The van der Waals surface area contributed by atoms with Gasteiger partial charge in [0.25, 0.3) is 5.91 Å². The summed E-state index contributed by atoms with van der Waals surface area (Å²) in [6, 6.07) is 12.0. The van der Waals surface area contributed by atoms with E-state index in [0.717, 1.165) is 43.6 Å². The minimum Gasteiger partial charge on any atom is -0.341 e. The van der Waals surface area contributed by atoms with Crippen LogP contribution < -0.4 is 5.32 Å². The van der Waals surface area contributed by atoms with Gasteiger partial charge in [0.2, 0.25) is 0 Å². The summed E-state index contributed by atoms with van der Waals surface area (Å²) >= 11 is 5.87. The van der Waals surface area contributed by atoms with Crippen LogP contribution in [0.1, 0.15) is 23.2 Å². The monoisotopic (exact) mass is 396 g/mol. The van der Waals surface area contributed by atoms with Gasteiger partial charge in [-0.05, 0) is 67.2 Å². The molecule has 1 unspecified atom stereocenters. The van der Waals surface area contributed by atoms with Crippen molar-refractivity contribution in [1.29, 1.82) is 0 Å². The molecule has 26 heavy (non-hydrogen) atoms. The standard InChI is InChI=1S/C20H22ClFN2O.ClH/c1-24(13-14-4-3-9-23-12-14)20(25)17-6-2-5-15(10-17)16-7-8-19(22)18(21)11-16;/h2,5-8,10-11,14,23H,3-4,9,12-13H2,1H3;1H. The third-order valence-electron chi connectivity index (χ3n) is 4.64. The first-order chi connectivity index (χ1) is 12.0. The molecule has 3 rings (SSSR count). The van der Waals surface area contributed by atoms with Gasteiger partial charge in [0.05, 0.1) is 5.02 Å². The van der Waals surface area contributed by atoms with Crippen molar-refractivity contribution < 1.29 is 9.18 Å². The van der Waals surface area contributed by atoms with Crippen molar-refractivity contribution in [3.05, 3.63) is 58.9 Å². The second-order valence-electron chi connectivity index (χ2n) is 6.61. The summed E-state index contributed by atoms with van der Waals surface area (Å²) in [6.07, 6.45) is 2.31. The van der Waals surface area contributed by atoms with Crippen molar-refractivity contribution in [3.63, 3.8) is 0 Å². The van der Waals surface area contributed by atoms with Crippen LogP contribution in [0.15, 0.2) is 42.5 Å². The van der Waals surface area contributed by atoms with Crippen molar-refractivity contribution in [2.24, 2.45) is 5.92 Å². The predicted molar refractivity (Wildman–Crippen MR) is 107 cm³/mol. The first-order valence-corrected chi connectivity index (χ1v) is 8.94. The zero-order chi connectivity index (χ0) is 17.8. The van der Waals surface area contributed by atoms with Gasteiger partial charge < -0.3 is 10.2 Å². The maximum atomic E-state index is 13.4. The van der Waals surface area contributed by atoms with Gasteiger partial charge in [-0.2, -0.15) is 0 Å². The Morgan fingerprint density at radius 1 is 1.27 bits per heavy atom. The molecule has 0 saturated carbocycles. The maximum Gasteiger partial charge on any atom is 0.253 e. The summed E-state index contributed by atoms with van der Waals surface area (Å²) in [5.41, 5.74) is 2.27. The third kappa shape index (κ3) is 4.97. The molecule has 6 heteroatoms. The van der Waals surface area contributed by atoms with Crippen LogP contribution in [0.4, 0.5) is 4.39 Å². The molecule has 3 nitrogen and oxygen atoms in total. The first-order valence-electron chi connectivity index (χ1n) is 8.56. The van der Waals surface area contributed by atoms with Gasteiger partial charge in [-0.3, -0.25) is 4.79 Å². The molecule has 1 amide bonds. The lowest BCUT2D eigenvalue weighted by atomic mass is 9.98. The highest BCUT2D eigenvalue weighted by Gasteiger charge is 2.19. The average Bonchev–Trinajstić information content (AvgIpc) is 2.64. The number of nitrogens with one attached hydrogen (secondary N) is 1. The number of carbonyl (C=O) groups is 1. The fourth-order valence-electron chi connectivity index (χ4n) is 3.28. The highest BCUT2D eigenvalue weighted by atomic mass is 35.5. The van der Waals surface area contributed by atoms with Crippen molar-refractivity contribution in [3.8, 4) is 11.1 Å². The highest BCUT2D eigenvalue weighted by molar-refractivity contribution is 6.31. The third-order valence-corrected chi connectivity index (χ3v) is 4.93. The van der Waals surface area contributed by atoms with Crippen molar-refractivity contribution in [1.82, 2.24) is 10.2 Å². The van der Waals surface area contributed by atoms with Crippen LogP contribution in [-0.2, 0) is 0 Å². The lowest BCUT2D eigenvalue weighted by Gasteiger charge is -2.27. The first kappa shape index (κ1) is 20.7. The van der Waals surface area contributed by atoms with E-state index >= 15 is 0 Å². The second-order valence-corrected chi connectivity index (χ2v) is 7.01. The molecule has 0 bridgehead atoms. The van der Waals surface area contributed by atoms with Gasteiger partial charge in [0.15, 0.2) is 0 Å². The lowest BCUT2D eigenvalue weighted by Crippen LogP contribution is -2.39. The van der Waals surface area contributed by atoms with Crippen LogP contribution in [0.3, 0.4) is 0 Å². The van der Waals surface area contributed by atoms with E-state index in [0.29, 0.717) is 11.5 Å². The molecule has 1 saturated heterocycles. The molecular formula is C20H23Cl2FN2O. The van der Waals surface area contributed by atoms with Crippen LogP contribution in [0.2, 0.25) is 5.02 Å². The van der Waals surface area contributed by atoms with Crippen molar-refractivity contribution >= 4 is 29.9 Å². The minimum atomic E-state index is -0.446. The minimum absolute atomic E-state index is 0. The summed E-state index contributed by atoms with van der Waals surface area (Å²) in [5.74, 6) is 0.0564. The Balaban J connectivity index is 0.00000243. The number of hydrogen-bond acceptors (Lipinski definition) is 2. The fourth-order valence-corrected chi connectivity index (χ4v) is 3.46. The lowest BCUT2D eigenvalue weighted by molar-refractivity contribution is 0.0765. The molecule has 1 heterocycles. The van der Waals surface area contributed by atoms with Gasteiger partial charge in [0.1, 0.15) is 5.82 Å². The predicted octanol–water partition coefficient (Wildman–Crippen LogP) is 4.64. The molecular weight excluding hydrogens is 374 g/mol. The molecule has 0 radical (unpaired) electrons. The molecule has 1 aliphatic heterocycles. The summed E-state index contributed by atoms with van der Waals surface area (Å²) in [5, 5.41) is 3.46. The quantitative estimate of drug-likeness (QED) is 0.815. The normalized spacial score (nSPS) is 16.7. The number of hydrogen-bond donors (Lipinski definition) is 1. The van der Waals surface area contributed by atoms with Crippen molar-refractivity contribution in [2.45, 2.75) is 12.8 Å². The number of halogens is 3. The summed E-state index contributed by atoms with van der Waals surface area (Å²) < 4.78 is 13.4. The molecule has 0 spiro atoms. The zero-order valence-electron chi connectivity index (χ0n) is 14.7. The smallest absolute Gasteiger partial charge is 0.253 e. The van der Waals surface area contributed by atoms with Gasteiger partial charge in [-0.25, -0.2) is 4.39 Å². The van der Waals surface area contributed by atoms with E-state index in [1.807, 2.05) is 31.3 Å². The Morgan fingerprint density at radius 3 is 2.73 bits per heavy atom. The molecule has 2 aromatic rings. The molecule has 1 fully saturated rings. The Kier molecular flexibility index (Phi) is 7.44. The van der Waals surface area contributed by atoms with Gasteiger partial charge in [-0.1, -0.05) is 29.8 Å². The Bertz CT molecular complexity index is 763. The number of nitrogens with zero attached hydrogens (tertiary/aromatic N) is 1. The Hall–Kier alpha value is -1.62. The summed E-state index contributed by atoms with van der Waals surface area (Å²) in [6.45, 7) is 2.78.